The van der Waals surface area contributed by atoms with Gasteiger partial charge in [0.1, 0.15) is 5.82 Å². The van der Waals surface area contributed by atoms with E-state index in [-0.39, 0.29) is 18.3 Å². The largest absolute Gasteiger partial charge is 0.392 e. The number of halogens is 1. The van der Waals surface area contributed by atoms with Gasteiger partial charge in [-0.2, -0.15) is 11.8 Å². The zero-order valence-electron chi connectivity index (χ0n) is 12.3. The smallest absolute Gasteiger partial charge is 0.251 e. The van der Waals surface area contributed by atoms with E-state index in [2.05, 4.69) is 5.32 Å². The van der Waals surface area contributed by atoms with E-state index in [1.807, 2.05) is 30.5 Å². The molecule has 2 aromatic rings. The second-order valence-corrected chi connectivity index (χ2v) is 5.71. The molecule has 0 aromatic heterocycles. The minimum atomic E-state index is -0.295. The summed E-state index contributed by atoms with van der Waals surface area (Å²) in [7, 11) is 0. The third kappa shape index (κ3) is 4.08. The first-order chi connectivity index (χ1) is 10.7. The fraction of sp³-hybridized carbons (Fsp3) is 0.235. The van der Waals surface area contributed by atoms with Gasteiger partial charge in [0.15, 0.2) is 0 Å². The predicted molar refractivity (Wildman–Crippen MR) is 87.2 cm³/mol. The van der Waals surface area contributed by atoms with Crippen LogP contribution in [-0.2, 0) is 18.9 Å². The number of aliphatic hydroxyl groups is 1. The molecule has 2 aromatic carbocycles. The highest BCUT2D eigenvalue weighted by atomic mass is 32.2. The van der Waals surface area contributed by atoms with Gasteiger partial charge in [0.25, 0.3) is 5.91 Å². The van der Waals surface area contributed by atoms with Crippen LogP contribution in [0, 0.1) is 5.82 Å². The summed E-state index contributed by atoms with van der Waals surface area (Å²) in [6.07, 6.45) is 1.89. The lowest BCUT2D eigenvalue weighted by Gasteiger charge is -2.10. The maximum Gasteiger partial charge on any atom is 0.251 e. The van der Waals surface area contributed by atoms with Crippen molar-refractivity contribution in [1.29, 1.82) is 0 Å². The maximum atomic E-state index is 13.6. The van der Waals surface area contributed by atoms with E-state index < -0.39 is 0 Å². The molecule has 3 nitrogen and oxygen atoms in total. The quantitative estimate of drug-likeness (QED) is 0.860. The fourth-order valence-corrected chi connectivity index (χ4v) is 2.68. The Morgan fingerprint density at radius 1 is 1.18 bits per heavy atom. The van der Waals surface area contributed by atoms with Gasteiger partial charge in [-0.25, -0.2) is 4.39 Å². The summed E-state index contributed by atoms with van der Waals surface area (Å²) in [4.78, 5) is 12.2. The summed E-state index contributed by atoms with van der Waals surface area (Å²) in [5.41, 5.74) is 2.61. The number of hydrogen-bond donors (Lipinski definition) is 2. The summed E-state index contributed by atoms with van der Waals surface area (Å²) < 4.78 is 13.6. The van der Waals surface area contributed by atoms with Crippen LogP contribution in [0.4, 0.5) is 4.39 Å². The third-order valence-electron chi connectivity index (χ3n) is 3.34. The van der Waals surface area contributed by atoms with Crippen molar-refractivity contribution in [2.24, 2.45) is 0 Å². The van der Waals surface area contributed by atoms with Gasteiger partial charge in [0.2, 0.25) is 0 Å². The molecule has 0 atom stereocenters. The number of thioether (sulfide) groups is 1. The molecule has 0 spiro atoms. The number of benzene rings is 2. The molecule has 0 saturated heterocycles. The molecule has 0 saturated carbocycles. The number of aliphatic hydroxyl groups excluding tert-OH is 1. The number of amides is 1. The summed E-state index contributed by atoms with van der Waals surface area (Å²) in [5, 5.41) is 12.1. The lowest BCUT2D eigenvalue weighted by Crippen LogP contribution is -2.23. The van der Waals surface area contributed by atoms with Gasteiger partial charge < -0.3 is 10.4 Å². The Kier molecular flexibility index (Phi) is 5.98. The summed E-state index contributed by atoms with van der Waals surface area (Å²) in [6, 6.07) is 11.7. The van der Waals surface area contributed by atoms with Gasteiger partial charge in [0, 0.05) is 17.9 Å². The second kappa shape index (κ2) is 7.96. The Labute approximate surface area is 133 Å². The highest BCUT2D eigenvalue weighted by Crippen LogP contribution is 2.16. The summed E-state index contributed by atoms with van der Waals surface area (Å²) in [6.45, 7) is 0.255. The molecule has 2 rings (SSSR count). The zero-order chi connectivity index (χ0) is 15.9. The van der Waals surface area contributed by atoms with Crippen molar-refractivity contribution < 1.29 is 14.3 Å². The molecule has 22 heavy (non-hydrogen) atoms. The molecule has 5 heteroatoms. The lowest BCUT2D eigenvalue weighted by molar-refractivity contribution is 0.0950. The molecule has 0 aliphatic rings. The van der Waals surface area contributed by atoms with Crippen LogP contribution in [0.15, 0.2) is 42.5 Å². The van der Waals surface area contributed by atoms with Crippen LogP contribution >= 0.6 is 11.8 Å². The Morgan fingerprint density at radius 3 is 2.59 bits per heavy atom. The van der Waals surface area contributed by atoms with Crippen molar-refractivity contribution in [2.75, 3.05) is 6.26 Å². The first-order valence-electron chi connectivity index (χ1n) is 6.89. The van der Waals surface area contributed by atoms with Gasteiger partial charge in [-0.05, 0) is 41.1 Å². The number of rotatable bonds is 6. The summed E-state index contributed by atoms with van der Waals surface area (Å²) >= 11 is 1.50. The van der Waals surface area contributed by atoms with E-state index in [9.17, 15) is 14.3 Å². The average molecular weight is 319 g/mol. The van der Waals surface area contributed by atoms with E-state index in [0.717, 1.165) is 11.1 Å². The molecular weight excluding hydrogens is 301 g/mol. The Balaban J connectivity index is 2.08. The number of nitrogens with one attached hydrogen (secondary N) is 1. The Hall–Kier alpha value is -1.85. The average Bonchev–Trinajstić information content (AvgIpc) is 2.55. The van der Waals surface area contributed by atoms with Crippen molar-refractivity contribution >= 4 is 17.7 Å². The van der Waals surface area contributed by atoms with Crippen molar-refractivity contribution in [2.45, 2.75) is 18.9 Å². The minimum absolute atomic E-state index is 0.0690. The molecule has 0 radical (unpaired) electrons. The normalized spacial score (nSPS) is 10.5. The van der Waals surface area contributed by atoms with Crippen LogP contribution < -0.4 is 5.32 Å². The van der Waals surface area contributed by atoms with E-state index in [4.69, 9.17) is 0 Å². The first kappa shape index (κ1) is 16.5. The van der Waals surface area contributed by atoms with Gasteiger partial charge in [0.05, 0.1) is 6.61 Å². The van der Waals surface area contributed by atoms with Crippen LogP contribution in [-0.4, -0.2) is 17.3 Å². The van der Waals surface area contributed by atoms with Crippen molar-refractivity contribution in [3.63, 3.8) is 0 Å². The molecule has 0 unspecified atom stereocenters. The maximum absolute atomic E-state index is 13.6. The van der Waals surface area contributed by atoms with Crippen molar-refractivity contribution in [3.8, 4) is 0 Å². The molecule has 116 valence electrons. The van der Waals surface area contributed by atoms with Gasteiger partial charge in [-0.3, -0.25) is 4.79 Å². The molecule has 0 fully saturated rings. The first-order valence-corrected chi connectivity index (χ1v) is 8.28. The lowest BCUT2D eigenvalue weighted by atomic mass is 10.1. The predicted octanol–water partition coefficient (Wildman–Crippen LogP) is 3.11. The molecule has 2 N–H and O–H groups in total. The number of hydrogen-bond acceptors (Lipinski definition) is 3. The molecule has 0 aliphatic heterocycles. The Morgan fingerprint density at radius 2 is 1.91 bits per heavy atom. The van der Waals surface area contributed by atoms with Gasteiger partial charge in [-0.1, -0.05) is 24.3 Å². The van der Waals surface area contributed by atoms with Gasteiger partial charge >= 0.3 is 0 Å². The van der Waals surface area contributed by atoms with Crippen molar-refractivity contribution in [1.82, 2.24) is 5.32 Å². The van der Waals surface area contributed by atoms with E-state index in [0.29, 0.717) is 23.4 Å². The molecule has 0 aliphatic carbocycles. The van der Waals surface area contributed by atoms with E-state index >= 15 is 0 Å². The highest BCUT2D eigenvalue weighted by Gasteiger charge is 2.10. The monoisotopic (exact) mass is 319 g/mol. The Bertz CT molecular complexity index is 661. The topological polar surface area (TPSA) is 49.3 Å². The number of carbonyl (C=O) groups is 1. The van der Waals surface area contributed by atoms with Crippen LogP contribution in [0.2, 0.25) is 0 Å². The number of carbonyl (C=O) groups excluding carboxylic acids is 1. The minimum Gasteiger partial charge on any atom is -0.392 e. The van der Waals surface area contributed by atoms with Crippen LogP contribution in [0.1, 0.15) is 27.0 Å². The second-order valence-electron chi connectivity index (χ2n) is 4.85. The van der Waals surface area contributed by atoms with Crippen LogP contribution in [0.3, 0.4) is 0 Å². The standard InChI is InChI=1S/C17H18FNO2S/c1-22-11-15-8-12(6-7-16(15)18)17(21)19-9-13-4-2-3-5-14(13)10-20/h2-8,20H,9-11H2,1H3,(H,19,21). The van der Waals surface area contributed by atoms with Crippen LogP contribution in [0.5, 0.6) is 0 Å². The third-order valence-corrected chi connectivity index (χ3v) is 3.94. The van der Waals surface area contributed by atoms with Gasteiger partial charge in [-0.15, -0.1) is 0 Å². The molecule has 0 heterocycles. The van der Waals surface area contributed by atoms with E-state index in [1.165, 1.54) is 23.9 Å². The van der Waals surface area contributed by atoms with Crippen LogP contribution in [0.25, 0.3) is 0 Å². The molecule has 1 amide bonds. The highest BCUT2D eigenvalue weighted by molar-refractivity contribution is 7.97. The molecule has 0 bridgehead atoms. The SMILES string of the molecule is CSCc1cc(C(=O)NCc2ccccc2CO)ccc1F. The molecular formula is C17H18FNO2S. The van der Waals surface area contributed by atoms with Crippen molar-refractivity contribution in [3.05, 3.63) is 70.5 Å². The fourth-order valence-electron chi connectivity index (χ4n) is 2.14. The zero-order valence-corrected chi connectivity index (χ0v) is 13.1. The summed E-state index contributed by atoms with van der Waals surface area (Å²) in [5.74, 6) is -0.0213. The van der Waals surface area contributed by atoms with E-state index in [1.54, 1.807) is 6.07 Å².